The van der Waals surface area contributed by atoms with Crippen molar-refractivity contribution in [1.82, 2.24) is 0 Å². The van der Waals surface area contributed by atoms with Gasteiger partial charge in [-0.1, -0.05) is 56.6 Å². The molecule has 0 fully saturated rings. The normalized spacial score (nSPS) is 12.0. The van der Waals surface area contributed by atoms with E-state index in [2.05, 4.69) is 19.1 Å². The molecule has 0 unspecified atom stereocenters. The van der Waals surface area contributed by atoms with Gasteiger partial charge in [-0.15, -0.1) is 5.76 Å². The van der Waals surface area contributed by atoms with Gasteiger partial charge in [0.2, 0.25) is 0 Å². The maximum Gasteiger partial charge on any atom is 1.00 e. The van der Waals surface area contributed by atoms with Crippen molar-refractivity contribution in [2.75, 3.05) is 0 Å². The molecule has 3 nitrogen and oxygen atoms in total. The predicted octanol–water partition coefficient (Wildman–Crippen LogP) is 1.35. The zero-order chi connectivity index (χ0) is 15.8. The van der Waals surface area contributed by atoms with E-state index in [0.29, 0.717) is 6.42 Å². The molecule has 0 saturated heterocycles. The smallest absolute Gasteiger partial charge is 0.875 e. The molecule has 0 aromatic heterocycles. The molecule has 0 rings (SSSR count). The van der Waals surface area contributed by atoms with Crippen LogP contribution in [-0.2, 0) is 4.79 Å². The molecule has 0 aliphatic carbocycles. The Morgan fingerprint density at radius 1 is 1.00 bits per heavy atom. The Morgan fingerprint density at radius 3 is 2.36 bits per heavy atom. The van der Waals surface area contributed by atoms with Crippen molar-refractivity contribution in [1.29, 1.82) is 0 Å². The van der Waals surface area contributed by atoms with Crippen molar-refractivity contribution in [3.8, 4) is 0 Å². The van der Waals surface area contributed by atoms with Crippen molar-refractivity contribution in [3.63, 3.8) is 0 Å². The molecule has 0 saturated carbocycles. The number of carbonyl (C=O) groups is 1. The second kappa shape index (κ2) is 18.5. The van der Waals surface area contributed by atoms with Crippen molar-refractivity contribution < 1.29 is 44.6 Å². The fraction of sp³-hybridized carbons (Fsp3) is 0.611. The number of hydrogen-bond donors (Lipinski definition) is 1. The summed E-state index contributed by atoms with van der Waals surface area (Å²) in [7, 11) is 0. The first kappa shape index (κ1) is 23.8. The minimum absolute atomic E-state index is 0. The van der Waals surface area contributed by atoms with E-state index >= 15 is 0 Å². The number of rotatable bonds is 13. The molecular weight excluding hydrogens is 287 g/mol. The molecule has 0 radical (unpaired) electrons. The van der Waals surface area contributed by atoms with Gasteiger partial charge in [-0.3, -0.25) is 4.79 Å². The number of carboxylic acid groups (broad SMARTS) is 1. The summed E-state index contributed by atoms with van der Waals surface area (Å²) in [6, 6.07) is 0. The van der Waals surface area contributed by atoms with E-state index in [4.69, 9.17) is 5.11 Å². The minimum atomic E-state index is -0.704. The van der Waals surface area contributed by atoms with Gasteiger partial charge in [0.25, 0.3) is 0 Å². The summed E-state index contributed by atoms with van der Waals surface area (Å²) in [6.07, 6.45) is 18.5. The zero-order valence-corrected chi connectivity index (χ0v) is 16.2. The van der Waals surface area contributed by atoms with Gasteiger partial charge >= 0.3 is 35.5 Å². The van der Waals surface area contributed by atoms with Crippen LogP contribution in [0.4, 0.5) is 0 Å². The number of unbranched alkanes of at least 4 members (excludes halogenated alkanes) is 5. The predicted molar refractivity (Wildman–Crippen MR) is 85.8 cm³/mol. The summed E-state index contributed by atoms with van der Waals surface area (Å²) in [5, 5.41) is 20.0. The van der Waals surface area contributed by atoms with Crippen LogP contribution >= 0.6 is 0 Å². The monoisotopic (exact) mass is 316 g/mol. The number of aliphatic carboxylic acids is 1. The van der Waals surface area contributed by atoms with E-state index in [1.165, 1.54) is 0 Å². The molecule has 0 aromatic carbocycles. The van der Waals surface area contributed by atoms with Crippen LogP contribution in [-0.4, -0.2) is 11.1 Å². The quantitative estimate of drug-likeness (QED) is 0.241. The van der Waals surface area contributed by atoms with E-state index in [9.17, 15) is 9.90 Å². The Kier molecular flexibility index (Phi) is 20.0. The largest absolute Gasteiger partial charge is 1.00 e. The summed E-state index contributed by atoms with van der Waals surface area (Å²) >= 11 is 0. The van der Waals surface area contributed by atoms with Gasteiger partial charge < -0.3 is 10.2 Å². The summed E-state index contributed by atoms with van der Waals surface area (Å²) in [4.78, 5) is 10.3. The van der Waals surface area contributed by atoms with Crippen LogP contribution in [0.15, 0.2) is 36.1 Å². The third kappa shape index (κ3) is 19.5. The van der Waals surface area contributed by atoms with E-state index in [0.717, 1.165) is 51.4 Å². The number of hydrogen-bond acceptors (Lipinski definition) is 2. The molecule has 0 aliphatic heterocycles. The molecule has 0 heterocycles. The fourth-order valence-corrected chi connectivity index (χ4v) is 1.93. The Bertz CT molecular complexity index is 346. The van der Waals surface area contributed by atoms with Gasteiger partial charge in [-0.25, -0.2) is 0 Å². The Morgan fingerprint density at radius 2 is 1.68 bits per heavy atom. The maximum atomic E-state index is 11.5. The summed E-state index contributed by atoms with van der Waals surface area (Å²) in [6.45, 7) is 2.08. The topological polar surface area (TPSA) is 60.4 Å². The third-order valence-corrected chi connectivity index (χ3v) is 3.13. The molecule has 4 heteroatoms. The number of allylic oxidation sites excluding steroid dienone is 5. The first-order chi connectivity index (χ1) is 10.2. The molecule has 0 spiro atoms. The first-order valence-corrected chi connectivity index (χ1v) is 8.04. The fourth-order valence-electron chi connectivity index (χ4n) is 1.93. The first-order valence-electron chi connectivity index (χ1n) is 8.04. The van der Waals surface area contributed by atoms with E-state index < -0.39 is 5.97 Å². The van der Waals surface area contributed by atoms with Gasteiger partial charge in [0, 0.05) is 6.42 Å². The van der Waals surface area contributed by atoms with Crippen LogP contribution < -0.4 is 34.7 Å². The van der Waals surface area contributed by atoms with Crippen molar-refractivity contribution in [3.05, 3.63) is 36.1 Å². The molecule has 0 aliphatic rings. The van der Waals surface area contributed by atoms with Crippen LogP contribution in [0.1, 0.15) is 71.1 Å². The van der Waals surface area contributed by atoms with Crippen LogP contribution in [0.5, 0.6) is 0 Å². The van der Waals surface area contributed by atoms with Gasteiger partial charge in [-0.2, -0.15) is 0 Å². The van der Waals surface area contributed by atoms with Crippen LogP contribution in [0.25, 0.3) is 0 Å². The Balaban J connectivity index is 0. The standard InChI is InChI=1S/C18H30O3.Na/c1-2-3-4-11-14-17(19)15-12-9-7-5-6-8-10-13-16-18(20)21;/h3-4,9,12,14,19H,2,5-8,10-11,13,15-16H2,1H3,(H,20,21);/q;+1/p-1/b4-3-,12-9-,17-14+;. The molecule has 0 amide bonds. The summed E-state index contributed by atoms with van der Waals surface area (Å²) < 4.78 is 0. The number of carboxylic acids is 1. The molecule has 0 atom stereocenters. The van der Waals surface area contributed by atoms with Crippen molar-refractivity contribution in [2.45, 2.75) is 71.1 Å². The molecule has 0 aromatic rings. The van der Waals surface area contributed by atoms with Gasteiger partial charge in [0.1, 0.15) is 0 Å². The molecule has 120 valence electrons. The van der Waals surface area contributed by atoms with Crippen LogP contribution in [0, 0.1) is 0 Å². The maximum absolute atomic E-state index is 11.5. The Labute approximate surface area is 157 Å². The average Bonchev–Trinajstić information content (AvgIpc) is 2.45. The van der Waals surface area contributed by atoms with Gasteiger partial charge in [0.15, 0.2) is 0 Å². The average molecular weight is 316 g/mol. The minimum Gasteiger partial charge on any atom is -0.875 e. The molecule has 22 heavy (non-hydrogen) atoms. The van der Waals surface area contributed by atoms with E-state index in [1.807, 2.05) is 12.2 Å². The second-order valence-electron chi connectivity index (χ2n) is 5.16. The van der Waals surface area contributed by atoms with E-state index in [1.54, 1.807) is 6.08 Å². The van der Waals surface area contributed by atoms with Crippen LogP contribution in [0.2, 0.25) is 0 Å². The Hall–Kier alpha value is -0.510. The van der Waals surface area contributed by atoms with E-state index in [-0.39, 0.29) is 41.7 Å². The molecule has 1 N–H and O–H groups in total. The summed E-state index contributed by atoms with van der Waals surface area (Å²) in [5.74, 6) is -0.523. The zero-order valence-electron chi connectivity index (χ0n) is 14.2. The van der Waals surface area contributed by atoms with Crippen LogP contribution in [0.3, 0.4) is 0 Å². The third-order valence-electron chi connectivity index (χ3n) is 3.13. The van der Waals surface area contributed by atoms with Crippen molar-refractivity contribution in [2.24, 2.45) is 0 Å². The molecular formula is C18H29NaO3. The second-order valence-corrected chi connectivity index (χ2v) is 5.16. The van der Waals surface area contributed by atoms with Crippen molar-refractivity contribution >= 4 is 5.97 Å². The van der Waals surface area contributed by atoms with Gasteiger partial charge in [0.05, 0.1) is 0 Å². The SMILES string of the molecule is CC/C=C\C/C=C(/[O-])C/C=C\CCCCCCCC(=O)O.[Na+]. The molecule has 0 bridgehead atoms. The van der Waals surface area contributed by atoms with Gasteiger partial charge in [-0.05, 0) is 38.5 Å². The summed E-state index contributed by atoms with van der Waals surface area (Å²) in [5.41, 5.74) is 0.